The van der Waals surface area contributed by atoms with Crippen molar-refractivity contribution in [3.8, 4) is 5.75 Å². The lowest BCUT2D eigenvalue weighted by molar-refractivity contribution is -0.117. The number of carbonyl (C=O) groups excluding carboxylic acids is 1. The number of hydrogen-bond donors (Lipinski definition) is 1. The molecule has 2 aromatic rings. The molecule has 2 rings (SSSR count). The molecule has 17 heavy (non-hydrogen) atoms. The summed E-state index contributed by atoms with van der Waals surface area (Å²) in [6.45, 7) is 1.55. The molecule has 1 aromatic carbocycles. The van der Waals surface area contributed by atoms with Gasteiger partial charge in [-0.3, -0.25) is 9.78 Å². The lowest BCUT2D eigenvalue weighted by atomic mass is 9.89. The third-order valence-corrected chi connectivity index (χ3v) is 2.65. The van der Waals surface area contributed by atoms with Crippen LogP contribution in [0, 0.1) is 0 Å². The van der Waals surface area contributed by atoms with Crippen LogP contribution in [0.2, 0.25) is 0 Å². The molecule has 0 amide bonds. The molecule has 0 aliphatic carbocycles. The first-order valence-electron chi connectivity index (χ1n) is 5.38. The fourth-order valence-corrected chi connectivity index (χ4v) is 1.92. The molecule has 0 bridgehead atoms. The number of aromatic hydroxyl groups is 1. The number of nitrogens with zero attached hydrogens (tertiary/aromatic N) is 1. The second-order valence-corrected chi connectivity index (χ2v) is 3.92. The molecule has 0 aliphatic heterocycles. The number of phenols is 1. The van der Waals surface area contributed by atoms with E-state index in [0.29, 0.717) is 0 Å². The van der Waals surface area contributed by atoms with Gasteiger partial charge in [0, 0.05) is 12.4 Å². The maximum Gasteiger partial charge on any atom is 0.141 e. The highest BCUT2D eigenvalue weighted by Crippen LogP contribution is 2.27. The van der Waals surface area contributed by atoms with Crippen LogP contribution >= 0.6 is 0 Å². The zero-order valence-corrected chi connectivity index (χ0v) is 9.50. The van der Waals surface area contributed by atoms with Gasteiger partial charge in [0.05, 0.1) is 5.92 Å². The molecule has 0 fully saturated rings. The van der Waals surface area contributed by atoms with Crippen molar-refractivity contribution >= 4 is 5.78 Å². The first-order valence-corrected chi connectivity index (χ1v) is 5.38. The molecule has 1 aromatic heterocycles. The topological polar surface area (TPSA) is 50.2 Å². The molecular formula is C14H13NO2. The van der Waals surface area contributed by atoms with Crippen LogP contribution in [-0.4, -0.2) is 15.9 Å². The van der Waals surface area contributed by atoms with Crippen LogP contribution in [0.4, 0.5) is 0 Å². The zero-order chi connectivity index (χ0) is 12.3. The van der Waals surface area contributed by atoms with Crippen molar-refractivity contribution < 1.29 is 9.90 Å². The lowest BCUT2D eigenvalue weighted by Crippen LogP contribution is -2.10. The van der Waals surface area contributed by atoms with Gasteiger partial charge in [0.1, 0.15) is 11.5 Å². The van der Waals surface area contributed by atoms with Crippen LogP contribution in [-0.2, 0) is 4.79 Å². The smallest absolute Gasteiger partial charge is 0.141 e. The summed E-state index contributed by atoms with van der Waals surface area (Å²) in [5, 5.41) is 9.47. The highest BCUT2D eigenvalue weighted by atomic mass is 16.3. The molecule has 86 valence electrons. The summed E-state index contributed by atoms with van der Waals surface area (Å²) in [7, 11) is 0. The fourth-order valence-electron chi connectivity index (χ4n) is 1.92. The Labute approximate surface area is 99.8 Å². The molecule has 0 radical (unpaired) electrons. The molecule has 3 nitrogen and oxygen atoms in total. The number of benzene rings is 1. The van der Waals surface area contributed by atoms with Gasteiger partial charge < -0.3 is 5.11 Å². The molecular weight excluding hydrogens is 214 g/mol. The van der Waals surface area contributed by atoms with Crippen LogP contribution in [0.5, 0.6) is 5.75 Å². The predicted octanol–water partition coefficient (Wildman–Crippen LogP) is 2.51. The zero-order valence-electron chi connectivity index (χ0n) is 9.50. The number of ketones is 1. The lowest BCUT2D eigenvalue weighted by Gasteiger charge is -2.14. The summed E-state index contributed by atoms with van der Waals surface area (Å²) in [5.74, 6) is -0.130. The Morgan fingerprint density at radius 1 is 1.18 bits per heavy atom. The third kappa shape index (κ3) is 2.50. The summed E-state index contributed by atoms with van der Waals surface area (Å²) in [6.07, 6.45) is 3.32. The summed E-state index contributed by atoms with van der Waals surface area (Å²) in [4.78, 5) is 15.7. The van der Waals surface area contributed by atoms with E-state index in [-0.39, 0.29) is 17.5 Å². The minimum atomic E-state index is -0.343. The first-order chi connectivity index (χ1) is 8.18. The van der Waals surface area contributed by atoms with Gasteiger partial charge in [-0.2, -0.15) is 0 Å². The highest BCUT2D eigenvalue weighted by molar-refractivity contribution is 5.86. The second kappa shape index (κ2) is 4.78. The van der Waals surface area contributed by atoms with E-state index >= 15 is 0 Å². The van der Waals surface area contributed by atoms with E-state index in [4.69, 9.17) is 0 Å². The Hall–Kier alpha value is -2.16. The largest absolute Gasteiger partial charge is 0.508 e. The molecule has 0 saturated carbocycles. The van der Waals surface area contributed by atoms with Crippen LogP contribution in [0.15, 0.2) is 48.8 Å². The monoisotopic (exact) mass is 227 g/mol. The third-order valence-electron chi connectivity index (χ3n) is 2.65. The van der Waals surface area contributed by atoms with Gasteiger partial charge in [-0.1, -0.05) is 12.1 Å². The number of Topliss-reactive ketones (excluding diaryl/α,β-unsaturated/α-hetero) is 1. The van der Waals surface area contributed by atoms with E-state index in [1.54, 1.807) is 37.5 Å². The van der Waals surface area contributed by atoms with E-state index in [0.717, 1.165) is 11.1 Å². The number of aromatic nitrogens is 1. The molecule has 1 N–H and O–H groups in total. The van der Waals surface area contributed by atoms with Crippen molar-refractivity contribution in [1.29, 1.82) is 0 Å². The minimum Gasteiger partial charge on any atom is -0.508 e. The standard InChI is InChI=1S/C14H13NO2/c1-10(16)14(11-5-7-15-8-6-11)12-3-2-4-13(17)9-12/h2-9,14,17H,1H3. The van der Waals surface area contributed by atoms with Gasteiger partial charge in [0.2, 0.25) is 0 Å². The summed E-state index contributed by atoms with van der Waals surface area (Å²) >= 11 is 0. The SMILES string of the molecule is CC(=O)C(c1ccncc1)c1cccc(O)c1. The van der Waals surface area contributed by atoms with Gasteiger partial charge in [-0.25, -0.2) is 0 Å². The molecule has 1 unspecified atom stereocenters. The average Bonchev–Trinajstić information content (AvgIpc) is 2.30. The normalized spacial score (nSPS) is 12.1. The Morgan fingerprint density at radius 3 is 2.47 bits per heavy atom. The molecule has 0 spiro atoms. The van der Waals surface area contributed by atoms with Crippen molar-refractivity contribution in [2.75, 3.05) is 0 Å². The van der Waals surface area contributed by atoms with Gasteiger partial charge in [0.25, 0.3) is 0 Å². The maximum absolute atomic E-state index is 11.8. The predicted molar refractivity (Wildman–Crippen MR) is 64.9 cm³/mol. The van der Waals surface area contributed by atoms with E-state index < -0.39 is 0 Å². The van der Waals surface area contributed by atoms with Crippen molar-refractivity contribution in [3.63, 3.8) is 0 Å². The molecule has 1 heterocycles. The Morgan fingerprint density at radius 2 is 1.88 bits per heavy atom. The van der Waals surface area contributed by atoms with Crippen LogP contribution in [0.25, 0.3) is 0 Å². The van der Waals surface area contributed by atoms with Crippen LogP contribution < -0.4 is 0 Å². The van der Waals surface area contributed by atoms with E-state index in [2.05, 4.69) is 4.98 Å². The quantitative estimate of drug-likeness (QED) is 0.876. The number of rotatable bonds is 3. The molecule has 1 atom stereocenters. The first kappa shape index (κ1) is 11.3. The van der Waals surface area contributed by atoms with Crippen LogP contribution in [0.1, 0.15) is 24.0 Å². The van der Waals surface area contributed by atoms with Crippen molar-refractivity contribution in [2.45, 2.75) is 12.8 Å². The van der Waals surface area contributed by atoms with E-state index in [1.165, 1.54) is 0 Å². The average molecular weight is 227 g/mol. The Bertz CT molecular complexity index is 523. The summed E-state index contributed by atoms with van der Waals surface area (Å²) in [5.41, 5.74) is 1.68. The fraction of sp³-hybridized carbons (Fsp3) is 0.143. The van der Waals surface area contributed by atoms with Gasteiger partial charge in [0.15, 0.2) is 0 Å². The minimum absolute atomic E-state index is 0.0433. The summed E-state index contributed by atoms with van der Waals surface area (Å²) in [6, 6.07) is 10.4. The van der Waals surface area contributed by atoms with Crippen LogP contribution in [0.3, 0.4) is 0 Å². The maximum atomic E-state index is 11.8. The van der Waals surface area contributed by atoms with Gasteiger partial charge in [-0.05, 0) is 42.3 Å². The van der Waals surface area contributed by atoms with Crippen molar-refractivity contribution in [2.24, 2.45) is 0 Å². The van der Waals surface area contributed by atoms with Crippen molar-refractivity contribution in [3.05, 3.63) is 59.9 Å². The Kier molecular flexibility index (Phi) is 3.19. The second-order valence-electron chi connectivity index (χ2n) is 3.92. The van der Waals surface area contributed by atoms with Gasteiger partial charge in [-0.15, -0.1) is 0 Å². The molecule has 3 heteroatoms. The van der Waals surface area contributed by atoms with Crippen molar-refractivity contribution in [1.82, 2.24) is 4.98 Å². The molecule has 0 saturated heterocycles. The Balaban J connectivity index is 2.47. The summed E-state index contributed by atoms with van der Waals surface area (Å²) < 4.78 is 0. The number of pyridine rings is 1. The van der Waals surface area contributed by atoms with Gasteiger partial charge >= 0.3 is 0 Å². The molecule has 0 aliphatic rings. The van der Waals surface area contributed by atoms with E-state index in [9.17, 15) is 9.90 Å². The van der Waals surface area contributed by atoms with E-state index in [1.807, 2.05) is 18.2 Å². The number of carbonyl (C=O) groups is 1. The highest BCUT2D eigenvalue weighted by Gasteiger charge is 2.19. The number of phenolic OH excluding ortho intramolecular Hbond substituents is 1. The number of hydrogen-bond acceptors (Lipinski definition) is 3.